The van der Waals surface area contributed by atoms with Crippen molar-refractivity contribution in [3.63, 3.8) is 0 Å². The molecule has 178 valence electrons. The SMILES string of the molecule is COc1cc([C@H]2C[C@@H]2C(=O)Nc2cc(NCc3cn4cc(C5CC5)ccc4n3)ncn2)cc(Cl)n1. The number of nitrogens with one attached hydrogen (secondary N) is 2. The Morgan fingerprint density at radius 1 is 1.11 bits per heavy atom. The Morgan fingerprint density at radius 3 is 2.80 bits per heavy atom. The van der Waals surface area contributed by atoms with Crippen LogP contribution in [0.5, 0.6) is 5.88 Å². The summed E-state index contributed by atoms with van der Waals surface area (Å²) in [6.07, 6.45) is 8.92. The van der Waals surface area contributed by atoms with Crippen molar-refractivity contribution in [1.82, 2.24) is 24.3 Å². The van der Waals surface area contributed by atoms with Crippen molar-refractivity contribution in [2.45, 2.75) is 37.6 Å². The van der Waals surface area contributed by atoms with Crippen LogP contribution in [0.3, 0.4) is 0 Å². The van der Waals surface area contributed by atoms with Crippen molar-refractivity contribution >= 4 is 34.8 Å². The lowest BCUT2D eigenvalue weighted by atomic mass is 10.1. The van der Waals surface area contributed by atoms with E-state index < -0.39 is 0 Å². The van der Waals surface area contributed by atoms with Gasteiger partial charge in [0.15, 0.2) is 0 Å². The second-order valence-electron chi connectivity index (χ2n) is 9.08. The molecule has 0 unspecified atom stereocenters. The number of ether oxygens (including phenoxy) is 1. The largest absolute Gasteiger partial charge is 0.481 e. The first-order valence-corrected chi connectivity index (χ1v) is 12.0. The average Bonchev–Trinajstić information content (AvgIpc) is 3.78. The Hall–Kier alpha value is -3.72. The summed E-state index contributed by atoms with van der Waals surface area (Å²) in [5, 5.41) is 6.52. The zero-order chi connectivity index (χ0) is 23.9. The fourth-order valence-corrected chi connectivity index (χ4v) is 4.60. The number of carbonyl (C=O) groups is 1. The van der Waals surface area contributed by atoms with Gasteiger partial charge in [-0.2, -0.15) is 0 Å². The number of methoxy groups -OCH3 is 1. The molecule has 0 aromatic carbocycles. The van der Waals surface area contributed by atoms with Crippen molar-refractivity contribution in [3.8, 4) is 5.88 Å². The second kappa shape index (κ2) is 8.81. The van der Waals surface area contributed by atoms with Crippen LogP contribution in [0.4, 0.5) is 11.6 Å². The Bertz CT molecular complexity index is 1420. The van der Waals surface area contributed by atoms with Gasteiger partial charge in [0.05, 0.1) is 19.3 Å². The molecular formula is C25H24ClN7O2. The van der Waals surface area contributed by atoms with E-state index in [0.29, 0.717) is 35.1 Å². The summed E-state index contributed by atoms with van der Waals surface area (Å²) in [5.74, 6) is 2.06. The van der Waals surface area contributed by atoms with Gasteiger partial charge in [0.25, 0.3) is 0 Å². The molecule has 0 bridgehead atoms. The van der Waals surface area contributed by atoms with Gasteiger partial charge in [-0.3, -0.25) is 4.79 Å². The number of hydrogen-bond donors (Lipinski definition) is 2. The lowest BCUT2D eigenvalue weighted by molar-refractivity contribution is -0.117. The van der Waals surface area contributed by atoms with E-state index in [-0.39, 0.29) is 17.7 Å². The molecule has 4 aromatic rings. The quantitative estimate of drug-likeness (QED) is 0.353. The first kappa shape index (κ1) is 21.8. The maximum Gasteiger partial charge on any atom is 0.229 e. The highest BCUT2D eigenvalue weighted by Crippen LogP contribution is 2.49. The Labute approximate surface area is 206 Å². The number of anilines is 2. The number of aromatic nitrogens is 5. The number of hydrogen-bond acceptors (Lipinski definition) is 7. The molecule has 2 saturated carbocycles. The van der Waals surface area contributed by atoms with Crippen LogP contribution in [0.1, 0.15) is 47.9 Å². The molecule has 0 saturated heterocycles. The summed E-state index contributed by atoms with van der Waals surface area (Å²) >= 11 is 6.07. The zero-order valence-electron chi connectivity index (χ0n) is 19.1. The summed E-state index contributed by atoms with van der Waals surface area (Å²) in [5.41, 5.74) is 4.15. The van der Waals surface area contributed by atoms with Crippen molar-refractivity contribution in [1.29, 1.82) is 0 Å². The maximum atomic E-state index is 12.8. The molecule has 2 aliphatic rings. The number of fused-ring (bicyclic) bond motifs is 1. The first-order valence-electron chi connectivity index (χ1n) is 11.6. The second-order valence-corrected chi connectivity index (χ2v) is 9.47. The van der Waals surface area contributed by atoms with E-state index in [1.165, 1.54) is 24.7 Å². The van der Waals surface area contributed by atoms with E-state index in [1.54, 1.807) is 19.2 Å². The van der Waals surface area contributed by atoms with Crippen LogP contribution >= 0.6 is 11.6 Å². The summed E-state index contributed by atoms with van der Waals surface area (Å²) in [4.78, 5) is 30.0. The summed E-state index contributed by atoms with van der Waals surface area (Å²) in [7, 11) is 1.54. The third kappa shape index (κ3) is 4.77. The van der Waals surface area contributed by atoms with E-state index in [4.69, 9.17) is 16.3 Å². The van der Waals surface area contributed by atoms with E-state index in [2.05, 4.69) is 53.3 Å². The van der Waals surface area contributed by atoms with Crippen LogP contribution < -0.4 is 15.4 Å². The Kier molecular flexibility index (Phi) is 5.49. The molecule has 35 heavy (non-hydrogen) atoms. The maximum absolute atomic E-state index is 12.8. The van der Waals surface area contributed by atoms with Gasteiger partial charge >= 0.3 is 0 Å². The third-order valence-electron chi connectivity index (χ3n) is 6.50. The lowest BCUT2D eigenvalue weighted by Crippen LogP contribution is -2.16. The van der Waals surface area contributed by atoms with Gasteiger partial charge in [-0.1, -0.05) is 17.7 Å². The van der Waals surface area contributed by atoms with E-state index in [0.717, 1.165) is 23.3 Å². The molecule has 4 heterocycles. The molecular weight excluding hydrogens is 466 g/mol. The predicted octanol–water partition coefficient (Wildman–Crippen LogP) is 4.41. The molecule has 2 atom stereocenters. The van der Waals surface area contributed by atoms with Gasteiger partial charge < -0.3 is 19.8 Å². The van der Waals surface area contributed by atoms with Crippen molar-refractivity contribution in [2.75, 3.05) is 17.7 Å². The standard InChI is InChI=1S/C25H24ClN7O2/c1-35-24-7-16(6-20(26)31-24)18-8-19(18)25(34)32-22-9-21(28-13-29-22)27-10-17-12-33-11-15(14-2-3-14)4-5-23(33)30-17/h4-7,9,11-14,18-19H,2-3,8,10H2,1H3,(H2,27,28,29,32,34)/t18-,19+/m1/s1. The number of halogens is 1. The van der Waals surface area contributed by atoms with Crippen molar-refractivity contribution in [2.24, 2.45) is 5.92 Å². The van der Waals surface area contributed by atoms with E-state index in [9.17, 15) is 4.79 Å². The van der Waals surface area contributed by atoms with Gasteiger partial charge in [0.1, 0.15) is 28.8 Å². The number of amides is 1. The highest BCUT2D eigenvalue weighted by molar-refractivity contribution is 6.29. The minimum absolute atomic E-state index is 0.0827. The molecule has 0 radical (unpaired) electrons. The smallest absolute Gasteiger partial charge is 0.229 e. The number of imidazole rings is 1. The molecule has 9 nitrogen and oxygen atoms in total. The summed E-state index contributed by atoms with van der Waals surface area (Å²) < 4.78 is 7.26. The minimum atomic E-state index is -0.150. The molecule has 4 aromatic heterocycles. The number of carbonyl (C=O) groups excluding carboxylic acids is 1. The van der Waals surface area contributed by atoms with E-state index >= 15 is 0 Å². The van der Waals surface area contributed by atoms with Gasteiger partial charge in [-0.05, 0) is 54.4 Å². The number of nitrogens with zero attached hydrogens (tertiary/aromatic N) is 5. The van der Waals surface area contributed by atoms with Crippen LogP contribution in [0.2, 0.25) is 5.15 Å². The Balaban J connectivity index is 1.07. The fourth-order valence-electron chi connectivity index (χ4n) is 4.39. The molecule has 2 N–H and O–H groups in total. The zero-order valence-corrected chi connectivity index (χ0v) is 19.9. The van der Waals surface area contributed by atoms with Crippen LogP contribution in [0.25, 0.3) is 5.65 Å². The highest BCUT2D eigenvalue weighted by Gasteiger charge is 2.44. The van der Waals surface area contributed by atoms with Gasteiger partial charge in [0.2, 0.25) is 11.8 Å². The normalized spacial score (nSPS) is 18.9. The molecule has 10 heteroatoms. The number of pyridine rings is 2. The molecule has 0 spiro atoms. The highest BCUT2D eigenvalue weighted by atomic mass is 35.5. The first-order chi connectivity index (χ1) is 17.1. The van der Waals surface area contributed by atoms with Crippen molar-refractivity contribution < 1.29 is 9.53 Å². The fraction of sp³-hybridized carbons (Fsp3) is 0.320. The molecule has 2 fully saturated rings. The van der Waals surface area contributed by atoms with Crippen LogP contribution in [-0.2, 0) is 11.3 Å². The van der Waals surface area contributed by atoms with Crippen LogP contribution in [0, 0.1) is 5.92 Å². The number of rotatable bonds is 8. The molecule has 1 amide bonds. The Morgan fingerprint density at radius 2 is 1.97 bits per heavy atom. The lowest BCUT2D eigenvalue weighted by Gasteiger charge is -2.08. The summed E-state index contributed by atoms with van der Waals surface area (Å²) in [6.45, 7) is 0.514. The predicted molar refractivity (Wildman–Crippen MR) is 132 cm³/mol. The molecule has 0 aliphatic heterocycles. The van der Waals surface area contributed by atoms with Gasteiger partial charge in [-0.25, -0.2) is 19.9 Å². The van der Waals surface area contributed by atoms with Gasteiger partial charge in [0, 0.05) is 30.4 Å². The summed E-state index contributed by atoms with van der Waals surface area (Å²) in [6, 6.07) is 9.56. The average molecular weight is 490 g/mol. The van der Waals surface area contributed by atoms with Gasteiger partial charge in [-0.15, -0.1) is 0 Å². The van der Waals surface area contributed by atoms with Crippen LogP contribution in [-0.4, -0.2) is 37.4 Å². The minimum Gasteiger partial charge on any atom is -0.481 e. The monoisotopic (exact) mass is 489 g/mol. The van der Waals surface area contributed by atoms with Crippen LogP contribution in [0.15, 0.2) is 49.1 Å². The van der Waals surface area contributed by atoms with E-state index in [1.807, 2.05) is 12.3 Å². The molecule has 2 aliphatic carbocycles. The topological polar surface area (TPSA) is 106 Å². The molecule has 6 rings (SSSR count). The third-order valence-corrected chi connectivity index (χ3v) is 6.69. The van der Waals surface area contributed by atoms with Crippen molar-refractivity contribution in [3.05, 3.63) is 71.0 Å².